The van der Waals surface area contributed by atoms with E-state index in [4.69, 9.17) is 4.74 Å². The van der Waals surface area contributed by atoms with Crippen molar-refractivity contribution >= 4 is 18.1 Å². The highest BCUT2D eigenvalue weighted by atomic mass is 16.5. The molecule has 0 aromatic heterocycles. The van der Waals surface area contributed by atoms with Gasteiger partial charge in [-0.05, 0) is 43.7 Å². The first-order valence-corrected chi connectivity index (χ1v) is 5.78. The average molecular weight is 244 g/mol. The minimum Gasteiger partial charge on any atom is -0.483 e. The van der Waals surface area contributed by atoms with Crippen LogP contribution in [0.5, 0.6) is 5.75 Å². The van der Waals surface area contributed by atoms with Crippen molar-refractivity contribution in [3.05, 3.63) is 41.5 Å². The van der Waals surface area contributed by atoms with Crippen molar-refractivity contribution in [1.82, 2.24) is 0 Å². The summed E-state index contributed by atoms with van der Waals surface area (Å²) in [5.41, 5.74) is 1.68. The zero-order chi connectivity index (χ0) is 13.2. The van der Waals surface area contributed by atoms with E-state index in [2.05, 4.69) is 4.74 Å². The molecule has 0 spiro atoms. The minimum atomic E-state index is -0.361. The molecule has 1 aromatic carbocycles. The molecule has 1 heterocycles. The Kier molecular flexibility index (Phi) is 3.24. The van der Waals surface area contributed by atoms with Crippen LogP contribution in [0.4, 0.5) is 0 Å². The van der Waals surface area contributed by atoms with Crippen LogP contribution in [0.15, 0.2) is 30.4 Å². The van der Waals surface area contributed by atoms with Crippen molar-refractivity contribution in [3.63, 3.8) is 0 Å². The zero-order valence-electron chi connectivity index (χ0n) is 10.8. The smallest absolute Gasteiger partial charge is 0.330 e. The Morgan fingerprint density at radius 1 is 1.39 bits per heavy atom. The molecule has 18 heavy (non-hydrogen) atoms. The van der Waals surface area contributed by atoms with Crippen molar-refractivity contribution in [1.29, 1.82) is 0 Å². The Hall–Kier alpha value is -2.03. The number of ether oxygens (including phenoxy) is 2. The largest absolute Gasteiger partial charge is 0.483 e. The van der Waals surface area contributed by atoms with Gasteiger partial charge in [-0.25, -0.2) is 4.79 Å². The first-order valence-electron chi connectivity index (χ1n) is 5.78. The molecule has 1 aliphatic rings. The number of hydrogen-bond acceptors (Lipinski definition) is 3. The van der Waals surface area contributed by atoms with Gasteiger partial charge in [-0.3, -0.25) is 0 Å². The lowest BCUT2D eigenvalue weighted by molar-refractivity contribution is -0.134. The maximum Gasteiger partial charge on any atom is 0.330 e. The quantitative estimate of drug-likeness (QED) is 0.592. The molecule has 0 radical (unpaired) electrons. The molecule has 2 rings (SSSR count). The van der Waals surface area contributed by atoms with Crippen LogP contribution in [-0.2, 0) is 9.53 Å². The number of rotatable bonds is 2. The van der Waals surface area contributed by atoms with Gasteiger partial charge in [-0.15, -0.1) is 0 Å². The number of carbonyl (C=O) groups is 1. The zero-order valence-corrected chi connectivity index (χ0v) is 10.8. The van der Waals surface area contributed by atoms with Gasteiger partial charge in [0.1, 0.15) is 11.4 Å². The molecular weight excluding hydrogens is 228 g/mol. The Morgan fingerprint density at radius 2 is 2.17 bits per heavy atom. The van der Waals surface area contributed by atoms with Gasteiger partial charge < -0.3 is 9.47 Å². The first kappa shape index (κ1) is 12.4. The molecule has 0 N–H and O–H groups in total. The van der Waals surface area contributed by atoms with E-state index >= 15 is 0 Å². The first-order chi connectivity index (χ1) is 8.50. The summed E-state index contributed by atoms with van der Waals surface area (Å²) in [5.74, 6) is 0.498. The van der Waals surface area contributed by atoms with Crippen LogP contribution in [0.3, 0.4) is 0 Å². The van der Waals surface area contributed by atoms with Gasteiger partial charge in [-0.2, -0.15) is 0 Å². The molecule has 0 fully saturated rings. The van der Waals surface area contributed by atoms with Gasteiger partial charge in [0, 0.05) is 11.6 Å². The summed E-state index contributed by atoms with van der Waals surface area (Å²) in [7, 11) is 1.36. The van der Waals surface area contributed by atoms with E-state index in [9.17, 15) is 4.79 Å². The Labute approximate surface area is 107 Å². The van der Waals surface area contributed by atoms with Crippen molar-refractivity contribution in [2.24, 2.45) is 0 Å². The second kappa shape index (κ2) is 4.69. The number of methoxy groups -OCH3 is 1. The van der Waals surface area contributed by atoms with Crippen LogP contribution < -0.4 is 4.74 Å². The molecule has 0 amide bonds. The lowest BCUT2D eigenvalue weighted by atomic mass is 10.0. The SMILES string of the molecule is COC(=O)/C=C\c1ccc2c(c1)C=CC(C)(C)O2. The molecule has 1 aromatic rings. The van der Waals surface area contributed by atoms with Crippen molar-refractivity contribution in [2.75, 3.05) is 7.11 Å². The Balaban J connectivity index is 2.24. The normalized spacial score (nSPS) is 16.2. The van der Waals surface area contributed by atoms with Gasteiger partial charge >= 0.3 is 5.97 Å². The minimum absolute atomic E-state index is 0.267. The van der Waals surface area contributed by atoms with Gasteiger partial charge in [0.15, 0.2) is 0 Å². The lowest BCUT2D eigenvalue weighted by Gasteiger charge is -2.27. The Morgan fingerprint density at radius 3 is 2.89 bits per heavy atom. The highest BCUT2D eigenvalue weighted by Crippen LogP contribution is 2.31. The van der Waals surface area contributed by atoms with Crippen LogP contribution in [0, 0.1) is 0 Å². The maximum atomic E-state index is 11.0. The van der Waals surface area contributed by atoms with Crippen LogP contribution in [0.2, 0.25) is 0 Å². The third-order valence-electron chi connectivity index (χ3n) is 2.68. The van der Waals surface area contributed by atoms with Crippen molar-refractivity contribution in [3.8, 4) is 5.75 Å². The van der Waals surface area contributed by atoms with E-state index in [0.717, 1.165) is 16.9 Å². The number of benzene rings is 1. The maximum absolute atomic E-state index is 11.0. The monoisotopic (exact) mass is 244 g/mol. The van der Waals surface area contributed by atoms with Gasteiger partial charge in [-0.1, -0.05) is 12.1 Å². The van der Waals surface area contributed by atoms with Crippen molar-refractivity contribution < 1.29 is 14.3 Å². The standard InChI is InChI=1S/C15H16O3/c1-15(2)9-8-12-10-11(4-6-13(12)18-15)5-7-14(16)17-3/h4-10H,1-3H3/b7-5-. The fourth-order valence-electron chi connectivity index (χ4n) is 1.73. The van der Waals surface area contributed by atoms with Gasteiger partial charge in [0.2, 0.25) is 0 Å². The third-order valence-corrected chi connectivity index (χ3v) is 2.68. The lowest BCUT2D eigenvalue weighted by Crippen LogP contribution is -2.27. The second-order valence-corrected chi connectivity index (χ2v) is 4.69. The fraction of sp³-hybridized carbons (Fsp3) is 0.267. The summed E-state index contributed by atoms with van der Waals surface area (Å²) in [6.45, 7) is 4.02. The molecular formula is C15H16O3. The van der Waals surface area contributed by atoms with E-state index in [-0.39, 0.29) is 11.6 Å². The Bertz CT molecular complexity index is 525. The summed E-state index contributed by atoms with van der Waals surface area (Å²) in [4.78, 5) is 11.0. The molecule has 94 valence electrons. The number of hydrogen-bond donors (Lipinski definition) is 0. The van der Waals surface area contributed by atoms with E-state index in [1.807, 2.05) is 44.2 Å². The van der Waals surface area contributed by atoms with E-state index in [1.165, 1.54) is 13.2 Å². The van der Waals surface area contributed by atoms with Crippen LogP contribution >= 0.6 is 0 Å². The van der Waals surface area contributed by atoms with E-state index < -0.39 is 0 Å². The molecule has 3 heteroatoms. The topological polar surface area (TPSA) is 35.5 Å². The highest BCUT2D eigenvalue weighted by molar-refractivity contribution is 5.87. The highest BCUT2D eigenvalue weighted by Gasteiger charge is 2.21. The second-order valence-electron chi connectivity index (χ2n) is 4.69. The summed E-state index contributed by atoms with van der Waals surface area (Å²) in [6, 6.07) is 5.80. The van der Waals surface area contributed by atoms with Crippen LogP contribution in [0.1, 0.15) is 25.0 Å². The average Bonchev–Trinajstić information content (AvgIpc) is 2.35. The predicted octanol–water partition coefficient (Wildman–Crippen LogP) is 3.06. The molecule has 0 saturated carbocycles. The molecule has 0 atom stereocenters. The molecule has 3 nitrogen and oxygen atoms in total. The van der Waals surface area contributed by atoms with Gasteiger partial charge in [0.05, 0.1) is 7.11 Å². The fourth-order valence-corrected chi connectivity index (χ4v) is 1.73. The molecule has 0 unspecified atom stereocenters. The summed E-state index contributed by atoms with van der Waals surface area (Å²) in [6.07, 6.45) is 7.18. The van der Waals surface area contributed by atoms with E-state index in [1.54, 1.807) is 6.08 Å². The number of esters is 1. The van der Waals surface area contributed by atoms with Crippen molar-refractivity contribution in [2.45, 2.75) is 19.4 Å². The van der Waals surface area contributed by atoms with E-state index in [0.29, 0.717) is 0 Å². The number of fused-ring (bicyclic) bond motifs is 1. The number of carbonyl (C=O) groups excluding carboxylic acids is 1. The van der Waals surface area contributed by atoms with Gasteiger partial charge in [0.25, 0.3) is 0 Å². The van der Waals surface area contributed by atoms with Crippen LogP contribution in [0.25, 0.3) is 12.2 Å². The molecule has 0 saturated heterocycles. The summed E-state index contributed by atoms with van der Waals surface area (Å²) < 4.78 is 10.4. The summed E-state index contributed by atoms with van der Waals surface area (Å²) in [5, 5.41) is 0. The molecule has 0 aliphatic carbocycles. The summed E-state index contributed by atoms with van der Waals surface area (Å²) >= 11 is 0. The predicted molar refractivity (Wildman–Crippen MR) is 71.2 cm³/mol. The molecule has 1 aliphatic heterocycles. The van der Waals surface area contributed by atoms with Crippen LogP contribution in [-0.4, -0.2) is 18.7 Å². The molecule has 0 bridgehead atoms. The third kappa shape index (κ3) is 2.80.